The van der Waals surface area contributed by atoms with Gasteiger partial charge in [-0.1, -0.05) is 0 Å². The van der Waals surface area contributed by atoms with Gasteiger partial charge in [0.2, 0.25) is 5.88 Å². The van der Waals surface area contributed by atoms with Crippen LogP contribution in [0.2, 0.25) is 0 Å². The zero-order chi connectivity index (χ0) is 13.1. The summed E-state index contributed by atoms with van der Waals surface area (Å²) in [6, 6.07) is 2.16. The Hall–Kier alpha value is -1.85. The molecule has 1 aromatic rings. The lowest BCUT2D eigenvalue weighted by atomic mass is 10.3. The van der Waals surface area contributed by atoms with Crippen molar-refractivity contribution in [2.24, 2.45) is 0 Å². The Morgan fingerprint density at radius 1 is 1.56 bits per heavy atom. The summed E-state index contributed by atoms with van der Waals surface area (Å²) < 4.78 is 5.12. The quantitative estimate of drug-likeness (QED) is 0.819. The molecule has 1 fully saturated rings. The second-order valence-electron chi connectivity index (χ2n) is 4.38. The van der Waals surface area contributed by atoms with Crippen LogP contribution >= 0.6 is 0 Å². The van der Waals surface area contributed by atoms with Crippen LogP contribution < -0.4 is 9.64 Å². The van der Waals surface area contributed by atoms with Crippen molar-refractivity contribution in [1.82, 2.24) is 9.97 Å². The lowest BCUT2D eigenvalue weighted by molar-refractivity contribution is -0.136. The number of carboxylic acids is 1. The molecule has 1 saturated carbocycles. The van der Waals surface area contributed by atoms with Gasteiger partial charge in [0.15, 0.2) is 0 Å². The molecule has 0 radical (unpaired) electrons. The number of carboxylic acid groups (broad SMARTS) is 1. The molecule has 98 valence electrons. The van der Waals surface area contributed by atoms with Crippen molar-refractivity contribution in [3.05, 3.63) is 11.9 Å². The third kappa shape index (κ3) is 3.09. The molecule has 0 amide bonds. The van der Waals surface area contributed by atoms with Crippen molar-refractivity contribution < 1.29 is 14.6 Å². The molecule has 2 rings (SSSR count). The molecule has 0 atom stereocenters. The van der Waals surface area contributed by atoms with Gasteiger partial charge in [0.1, 0.15) is 11.6 Å². The molecule has 1 aromatic heterocycles. The van der Waals surface area contributed by atoms with E-state index in [4.69, 9.17) is 9.84 Å². The second-order valence-corrected chi connectivity index (χ2v) is 4.38. The summed E-state index contributed by atoms with van der Waals surface area (Å²) in [5.74, 6) is 1.10. The summed E-state index contributed by atoms with van der Waals surface area (Å²) in [6.45, 7) is 2.27. The molecule has 1 aliphatic carbocycles. The highest BCUT2D eigenvalue weighted by Crippen LogP contribution is 2.31. The van der Waals surface area contributed by atoms with Gasteiger partial charge < -0.3 is 14.7 Å². The average molecular weight is 251 g/mol. The average Bonchev–Trinajstić information content (AvgIpc) is 3.12. The first-order chi connectivity index (χ1) is 8.60. The summed E-state index contributed by atoms with van der Waals surface area (Å²) >= 11 is 0. The number of hydrogen-bond acceptors (Lipinski definition) is 5. The Bertz CT molecular complexity index is 446. The lowest BCUT2D eigenvalue weighted by Gasteiger charge is -2.23. The van der Waals surface area contributed by atoms with E-state index in [1.54, 1.807) is 20.1 Å². The molecular formula is C12H17N3O3. The Labute approximate surface area is 106 Å². The second kappa shape index (κ2) is 5.20. The molecule has 0 aromatic carbocycles. The van der Waals surface area contributed by atoms with Gasteiger partial charge in [0.25, 0.3) is 0 Å². The topological polar surface area (TPSA) is 75.5 Å². The van der Waals surface area contributed by atoms with Crippen molar-refractivity contribution in [2.45, 2.75) is 32.2 Å². The molecule has 0 spiro atoms. The summed E-state index contributed by atoms with van der Waals surface area (Å²) in [5, 5.41) is 8.78. The largest absolute Gasteiger partial charge is 0.481 e. The molecule has 6 nitrogen and oxygen atoms in total. The molecule has 0 bridgehead atoms. The van der Waals surface area contributed by atoms with Crippen LogP contribution in [-0.2, 0) is 4.79 Å². The van der Waals surface area contributed by atoms with Crippen LogP contribution in [0, 0.1) is 6.92 Å². The zero-order valence-electron chi connectivity index (χ0n) is 10.6. The molecule has 18 heavy (non-hydrogen) atoms. The van der Waals surface area contributed by atoms with E-state index in [9.17, 15) is 4.79 Å². The number of rotatable bonds is 6. The number of methoxy groups -OCH3 is 1. The van der Waals surface area contributed by atoms with E-state index in [2.05, 4.69) is 9.97 Å². The molecule has 0 saturated heterocycles. The first kappa shape index (κ1) is 12.6. The number of hydrogen-bond donors (Lipinski definition) is 1. The van der Waals surface area contributed by atoms with E-state index in [1.807, 2.05) is 4.90 Å². The van der Waals surface area contributed by atoms with Crippen molar-refractivity contribution in [3.8, 4) is 5.88 Å². The van der Waals surface area contributed by atoms with Crippen molar-refractivity contribution >= 4 is 11.8 Å². The molecule has 6 heteroatoms. The Morgan fingerprint density at radius 3 is 2.83 bits per heavy atom. The third-order valence-electron chi connectivity index (χ3n) is 2.86. The van der Waals surface area contributed by atoms with Crippen LogP contribution in [0.3, 0.4) is 0 Å². The van der Waals surface area contributed by atoms with Crippen LogP contribution in [0.25, 0.3) is 0 Å². The highest BCUT2D eigenvalue weighted by molar-refractivity contribution is 5.67. The zero-order valence-corrected chi connectivity index (χ0v) is 10.6. The van der Waals surface area contributed by atoms with E-state index in [0.29, 0.717) is 24.3 Å². The summed E-state index contributed by atoms with van der Waals surface area (Å²) in [7, 11) is 1.56. The number of anilines is 1. The van der Waals surface area contributed by atoms with Crippen LogP contribution in [0.1, 0.15) is 25.1 Å². The smallest absolute Gasteiger partial charge is 0.305 e. The van der Waals surface area contributed by atoms with Gasteiger partial charge in [-0.3, -0.25) is 4.79 Å². The maximum atomic E-state index is 10.7. The van der Waals surface area contributed by atoms with E-state index in [-0.39, 0.29) is 6.42 Å². The molecule has 1 N–H and O–H groups in total. The molecule has 1 heterocycles. The normalized spacial score (nSPS) is 14.3. The van der Waals surface area contributed by atoms with Gasteiger partial charge in [-0.15, -0.1) is 0 Å². The third-order valence-corrected chi connectivity index (χ3v) is 2.86. The monoisotopic (exact) mass is 251 g/mol. The van der Waals surface area contributed by atoms with Crippen LogP contribution in [0.15, 0.2) is 6.07 Å². The molecular weight excluding hydrogens is 234 g/mol. The fraction of sp³-hybridized carbons (Fsp3) is 0.583. The first-order valence-corrected chi connectivity index (χ1v) is 5.98. The number of carbonyl (C=O) groups is 1. The Balaban J connectivity index is 2.18. The van der Waals surface area contributed by atoms with Crippen molar-refractivity contribution in [1.29, 1.82) is 0 Å². The minimum Gasteiger partial charge on any atom is -0.481 e. The minimum atomic E-state index is -0.793. The fourth-order valence-corrected chi connectivity index (χ4v) is 1.86. The summed E-state index contributed by atoms with van der Waals surface area (Å²) in [4.78, 5) is 21.2. The molecule has 0 unspecified atom stereocenters. The number of nitrogens with zero attached hydrogens (tertiary/aromatic N) is 3. The molecule has 0 aliphatic heterocycles. The fourth-order valence-electron chi connectivity index (χ4n) is 1.86. The Kier molecular flexibility index (Phi) is 3.64. The predicted octanol–water partition coefficient (Wildman–Crippen LogP) is 1.24. The van der Waals surface area contributed by atoms with E-state index >= 15 is 0 Å². The molecule has 1 aliphatic rings. The van der Waals surface area contributed by atoms with Crippen LogP contribution in [0.5, 0.6) is 5.88 Å². The van der Waals surface area contributed by atoms with Crippen LogP contribution in [-0.4, -0.2) is 40.7 Å². The number of aromatic nitrogens is 2. The van der Waals surface area contributed by atoms with Crippen molar-refractivity contribution in [3.63, 3.8) is 0 Å². The van der Waals surface area contributed by atoms with Gasteiger partial charge >= 0.3 is 5.97 Å². The van der Waals surface area contributed by atoms with Crippen molar-refractivity contribution in [2.75, 3.05) is 18.6 Å². The van der Waals surface area contributed by atoms with Gasteiger partial charge in [-0.2, -0.15) is 4.98 Å². The van der Waals surface area contributed by atoms with E-state index < -0.39 is 5.97 Å². The maximum Gasteiger partial charge on any atom is 0.305 e. The SMILES string of the molecule is COc1cc(N(CCC(=O)O)C2CC2)nc(C)n1. The van der Waals surface area contributed by atoms with Gasteiger partial charge in [0.05, 0.1) is 13.5 Å². The maximum absolute atomic E-state index is 10.7. The Morgan fingerprint density at radius 2 is 2.28 bits per heavy atom. The number of aliphatic carboxylic acids is 1. The predicted molar refractivity (Wildman–Crippen MR) is 65.9 cm³/mol. The minimum absolute atomic E-state index is 0.113. The summed E-state index contributed by atoms with van der Waals surface area (Å²) in [6.07, 6.45) is 2.29. The van der Waals surface area contributed by atoms with Gasteiger partial charge in [0, 0.05) is 18.7 Å². The lowest BCUT2D eigenvalue weighted by Crippen LogP contribution is -2.29. The first-order valence-electron chi connectivity index (χ1n) is 5.98. The van der Waals surface area contributed by atoms with Crippen LogP contribution in [0.4, 0.5) is 5.82 Å². The van der Waals surface area contributed by atoms with E-state index in [0.717, 1.165) is 18.7 Å². The van der Waals surface area contributed by atoms with E-state index in [1.165, 1.54) is 0 Å². The van der Waals surface area contributed by atoms with Gasteiger partial charge in [-0.25, -0.2) is 4.98 Å². The standard InChI is InChI=1S/C12H17N3O3/c1-8-13-10(7-11(14-8)18-2)15(9-3-4-9)6-5-12(16)17/h7,9H,3-6H2,1-2H3,(H,16,17). The highest BCUT2D eigenvalue weighted by Gasteiger charge is 2.30. The number of aryl methyl sites for hydroxylation is 1. The highest BCUT2D eigenvalue weighted by atomic mass is 16.5. The number of ether oxygens (including phenoxy) is 1. The van der Waals surface area contributed by atoms with Gasteiger partial charge in [-0.05, 0) is 19.8 Å². The summed E-state index contributed by atoms with van der Waals surface area (Å²) in [5.41, 5.74) is 0.